The van der Waals surface area contributed by atoms with Crippen molar-refractivity contribution < 1.29 is 0 Å². The van der Waals surface area contributed by atoms with Crippen LogP contribution < -0.4 is 5.73 Å². The van der Waals surface area contributed by atoms with Crippen LogP contribution in [0.5, 0.6) is 0 Å². The van der Waals surface area contributed by atoms with E-state index in [-0.39, 0.29) is 12.4 Å². The van der Waals surface area contributed by atoms with Gasteiger partial charge in [-0.1, -0.05) is 0 Å². The van der Waals surface area contributed by atoms with Crippen LogP contribution in [0.1, 0.15) is 5.82 Å². The number of hydrogen-bond donors (Lipinski definition) is 1. The van der Waals surface area contributed by atoms with E-state index in [2.05, 4.69) is 15.0 Å². The lowest BCUT2D eigenvalue weighted by atomic mass is 10.4. The van der Waals surface area contributed by atoms with Crippen LogP contribution in [0, 0.1) is 11.3 Å². The van der Waals surface area contributed by atoms with Gasteiger partial charge in [0.25, 0.3) is 0 Å². The van der Waals surface area contributed by atoms with Crippen LogP contribution in [0.15, 0.2) is 6.33 Å². The molecule has 0 unspecified atom stereocenters. The van der Waals surface area contributed by atoms with Crippen LogP contribution in [-0.4, -0.2) is 15.0 Å². The molecule has 0 aromatic carbocycles. The Balaban J connectivity index is 2.87. The highest BCUT2D eigenvalue weighted by molar-refractivity contribution is 5.13. The fourth-order valence-corrected chi connectivity index (χ4v) is 0.501. The maximum atomic E-state index is 8.22. The molecule has 0 bridgehead atoms. The lowest BCUT2D eigenvalue weighted by molar-refractivity contribution is 0.948. The van der Waals surface area contributed by atoms with Crippen molar-refractivity contribution in [2.75, 3.05) is 5.73 Å². The van der Waals surface area contributed by atoms with Crippen LogP contribution in [0.2, 0.25) is 0 Å². The number of aromatic nitrogens is 3. The molecule has 1 aromatic heterocycles. The number of nitrogens with zero attached hydrogens (tertiary/aromatic N) is 4. The monoisotopic (exact) mass is 135 g/mol. The molecule has 50 valence electrons. The topological polar surface area (TPSA) is 88.5 Å². The molecule has 0 atom stereocenters. The Bertz CT molecular complexity index is 263. The van der Waals surface area contributed by atoms with Gasteiger partial charge in [0.05, 0.1) is 12.5 Å². The van der Waals surface area contributed by atoms with Gasteiger partial charge in [-0.25, -0.2) is 9.97 Å². The van der Waals surface area contributed by atoms with Crippen molar-refractivity contribution in [3.05, 3.63) is 12.2 Å². The highest BCUT2D eigenvalue weighted by Crippen LogP contribution is 1.90. The SMILES string of the molecule is N#CCc1ncnc(N)n1. The Morgan fingerprint density at radius 3 is 3.00 bits per heavy atom. The first-order valence-electron chi connectivity index (χ1n) is 2.63. The summed E-state index contributed by atoms with van der Waals surface area (Å²) < 4.78 is 0. The maximum Gasteiger partial charge on any atom is 0.223 e. The summed E-state index contributed by atoms with van der Waals surface area (Å²) in [6.07, 6.45) is 1.46. The standard InChI is InChI=1S/C5H5N5/c6-2-1-4-8-3-9-5(7)10-4/h3H,1H2,(H2,7,8,9,10). The van der Waals surface area contributed by atoms with Crippen molar-refractivity contribution in [2.24, 2.45) is 0 Å². The second-order valence-corrected chi connectivity index (χ2v) is 1.59. The number of nitrogen functional groups attached to an aromatic ring is 1. The van der Waals surface area contributed by atoms with E-state index in [9.17, 15) is 0 Å². The third-order valence-electron chi connectivity index (χ3n) is 0.878. The summed E-state index contributed by atoms with van der Waals surface area (Å²) in [4.78, 5) is 11.0. The Hall–Kier alpha value is -1.70. The normalized spacial score (nSPS) is 8.70. The largest absolute Gasteiger partial charge is 0.368 e. The van der Waals surface area contributed by atoms with Gasteiger partial charge in [-0.15, -0.1) is 0 Å². The second kappa shape index (κ2) is 2.73. The van der Waals surface area contributed by atoms with E-state index in [4.69, 9.17) is 11.0 Å². The number of nitriles is 1. The summed E-state index contributed by atoms with van der Waals surface area (Å²) in [7, 11) is 0. The number of nitrogens with two attached hydrogens (primary N) is 1. The van der Waals surface area contributed by atoms with E-state index in [1.807, 2.05) is 6.07 Å². The molecule has 0 amide bonds. The maximum absolute atomic E-state index is 8.22. The fourth-order valence-electron chi connectivity index (χ4n) is 0.501. The molecule has 1 aromatic rings. The van der Waals surface area contributed by atoms with E-state index in [1.54, 1.807) is 0 Å². The van der Waals surface area contributed by atoms with Crippen molar-refractivity contribution >= 4 is 5.95 Å². The third kappa shape index (κ3) is 1.39. The molecule has 0 radical (unpaired) electrons. The Kier molecular flexibility index (Phi) is 1.75. The molecular weight excluding hydrogens is 130 g/mol. The highest BCUT2D eigenvalue weighted by atomic mass is 15.1. The molecule has 0 saturated heterocycles. The lowest BCUT2D eigenvalue weighted by Crippen LogP contribution is -2.00. The van der Waals surface area contributed by atoms with E-state index >= 15 is 0 Å². The van der Waals surface area contributed by atoms with Gasteiger partial charge in [0.15, 0.2) is 0 Å². The molecule has 5 nitrogen and oxygen atoms in total. The zero-order valence-corrected chi connectivity index (χ0v) is 5.15. The lowest BCUT2D eigenvalue weighted by Gasteiger charge is -1.91. The molecule has 5 heteroatoms. The van der Waals surface area contributed by atoms with Crippen molar-refractivity contribution in [3.63, 3.8) is 0 Å². The van der Waals surface area contributed by atoms with Crippen molar-refractivity contribution in [3.8, 4) is 6.07 Å². The molecule has 10 heavy (non-hydrogen) atoms. The number of hydrogen-bond acceptors (Lipinski definition) is 5. The Morgan fingerprint density at radius 1 is 1.60 bits per heavy atom. The first-order chi connectivity index (χ1) is 4.83. The molecule has 0 saturated carbocycles. The molecule has 0 spiro atoms. The minimum atomic E-state index is 0.153. The van der Waals surface area contributed by atoms with Gasteiger partial charge in [-0.05, 0) is 0 Å². The number of rotatable bonds is 1. The zero-order valence-electron chi connectivity index (χ0n) is 5.15. The average Bonchev–Trinajstić information content (AvgIpc) is 1.88. The first kappa shape index (κ1) is 6.42. The van der Waals surface area contributed by atoms with Gasteiger partial charge in [-0.2, -0.15) is 10.2 Å². The summed E-state index contributed by atoms with van der Waals surface area (Å²) in [6.45, 7) is 0. The van der Waals surface area contributed by atoms with Crippen LogP contribution in [0.4, 0.5) is 5.95 Å². The summed E-state index contributed by atoms with van der Waals surface area (Å²) in [5, 5.41) is 8.22. The van der Waals surface area contributed by atoms with Gasteiger partial charge in [0, 0.05) is 0 Å². The van der Waals surface area contributed by atoms with E-state index in [0.29, 0.717) is 5.82 Å². The molecule has 1 heterocycles. The minimum absolute atomic E-state index is 0.153. The van der Waals surface area contributed by atoms with Crippen molar-refractivity contribution in [1.29, 1.82) is 5.26 Å². The molecule has 0 aliphatic heterocycles. The Morgan fingerprint density at radius 2 is 2.40 bits per heavy atom. The average molecular weight is 135 g/mol. The number of anilines is 1. The zero-order chi connectivity index (χ0) is 7.40. The fraction of sp³-hybridized carbons (Fsp3) is 0.200. The van der Waals surface area contributed by atoms with Gasteiger partial charge >= 0.3 is 0 Å². The van der Waals surface area contributed by atoms with Gasteiger partial charge in [-0.3, -0.25) is 0 Å². The molecular formula is C5H5N5. The van der Waals surface area contributed by atoms with Gasteiger partial charge < -0.3 is 5.73 Å². The third-order valence-corrected chi connectivity index (χ3v) is 0.878. The van der Waals surface area contributed by atoms with Crippen LogP contribution in [-0.2, 0) is 6.42 Å². The van der Waals surface area contributed by atoms with Crippen LogP contribution >= 0.6 is 0 Å². The minimum Gasteiger partial charge on any atom is -0.368 e. The molecule has 1 rings (SSSR count). The predicted octanol–water partition coefficient (Wildman–Crippen LogP) is -0.480. The molecule has 2 N–H and O–H groups in total. The first-order valence-corrected chi connectivity index (χ1v) is 2.63. The van der Waals surface area contributed by atoms with Crippen LogP contribution in [0.3, 0.4) is 0 Å². The quantitative estimate of drug-likeness (QED) is 0.561. The molecule has 0 fully saturated rings. The van der Waals surface area contributed by atoms with Crippen LogP contribution in [0.25, 0.3) is 0 Å². The van der Waals surface area contributed by atoms with E-state index in [0.717, 1.165) is 0 Å². The smallest absolute Gasteiger partial charge is 0.223 e. The summed E-state index contributed by atoms with van der Waals surface area (Å²) in [6, 6.07) is 1.90. The summed E-state index contributed by atoms with van der Waals surface area (Å²) in [5.41, 5.74) is 5.22. The van der Waals surface area contributed by atoms with Crippen molar-refractivity contribution in [1.82, 2.24) is 15.0 Å². The Labute approximate surface area is 57.6 Å². The summed E-state index contributed by atoms with van der Waals surface area (Å²) in [5.74, 6) is 0.565. The van der Waals surface area contributed by atoms with Gasteiger partial charge in [0.2, 0.25) is 5.95 Å². The van der Waals surface area contributed by atoms with E-state index in [1.165, 1.54) is 6.33 Å². The summed E-state index contributed by atoms with van der Waals surface area (Å²) >= 11 is 0. The highest BCUT2D eigenvalue weighted by Gasteiger charge is 1.94. The van der Waals surface area contributed by atoms with E-state index < -0.39 is 0 Å². The second-order valence-electron chi connectivity index (χ2n) is 1.59. The molecule has 0 aliphatic rings. The predicted molar refractivity (Wildman–Crippen MR) is 33.6 cm³/mol. The van der Waals surface area contributed by atoms with Gasteiger partial charge in [0.1, 0.15) is 12.2 Å². The van der Waals surface area contributed by atoms with Crippen molar-refractivity contribution in [2.45, 2.75) is 6.42 Å². The molecule has 0 aliphatic carbocycles.